The summed E-state index contributed by atoms with van der Waals surface area (Å²) in [6.07, 6.45) is 1.15. The van der Waals surface area contributed by atoms with Crippen LogP contribution in [-0.2, 0) is 0 Å². The molecule has 0 radical (unpaired) electrons. The van der Waals surface area contributed by atoms with Crippen LogP contribution in [0.3, 0.4) is 0 Å². The fraction of sp³-hybridized carbons (Fsp3) is 0.0909. The Bertz CT molecular complexity index is 598. The number of carbonyl (C=O) groups is 1. The minimum absolute atomic E-state index is 0.00352. The van der Waals surface area contributed by atoms with Crippen molar-refractivity contribution in [2.45, 2.75) is 6.92 Å². The van der Waals surface area contributed by atoms with Crippen molar-refractivity contribution in [3.05, 3.63) is 46.2 Å². The molecule has 0 saturated heterocycles. The lowest BCUT2D eigenvalue weighted by atomic mass is 10.1. The average Bonchev–Trinajstić information content (AvgIpc) is 2.23. The molecular formula is C11H9NO3. The van der Waals surface area contributed by atoms with E-state index in [-0.39, 0.29) is 16.8 Å². The standard InChI is InChI=1S/C11H9NO3/c1-7(13)9-6-12(15)10-5-3-2-4-8(10)11(9)14/h2-6,15H,1H3. The number of nitrogens with zero attached hydrogens (tertiary/aromatic N) is 1. The quantitative estimate of drug-likeness (QED) is 0.563. The molecule has 0 spiro atoms. The lowest BCUT2D eigenvalue weighted by Gasteiger charge is -2.04. The molecule has 0 aliphatic heterocycles. The molecule has 0 aliphatic rings. The molecule has 1 aromatic heterocycles. The van der Waals surface area contributed by atoms with Crippen molar-refractivity contribution in [1.82, 2.24) is 4.73 Å². The smallest absolute Gasteiger partial charge is 0.200 e. The summed E-state index contributed by atoms with van der Waals surface area (Å²) in [5, 5.41) is 9.89. The SMILES string of the molecule is CC(=O)c1cn(O)c2ccccc2c1=O. The number of benzene rings is 1. The molecule has 1 aromatic carbocycles. The van der Waals surface area contributed by atoms with Gasteiger partial charge in [0.15, 0.2) is 11.2 Å². The zero-order valence-corrected chi connectivity index (χ0v) is 8.10. The summed E-state index contributed by atoms with van der Waals surface area (Å²) in [6, 6.07) is 6.59. The number of Topliss-reactive ketones (excluding diaryl/α,β-unsaturated/α-hetero) is 1. The van der Waals surface area contributed by atoms with Crippen LogP contribution < -0.4 is 5.43 Å². The summed E-state index contributed by atoms with van der Waals surface area (Å²) in [6.45, 7) is 1.30. The molecule has 0 aliphatic carbocycles. The van der Waals surface area contributed by atoms with E-state index < -0.39 is 0 Å². The second-order valence-corrected chi connectivity index (χ2v) is 3.29. The number of aromatic nitrogens is 1. The lowest BCUT2D eigenvalue weighted by molar-refractivity contribution is 0.101. The van der Waals surface area contributed by atoms with Gasteiger partial charge >= 0.3 is 0 Å². The number of rotatable bonds is 1. The van der Waals surface area contributed by atoms with E-state index in [0.29, 0.717) is 10.9 Å². The van der Waals surface area contributed by atoms with Crippen molar-refractivity contribution in [3.8, 4) is 0 Å². The van der Waals surface area contributed by atoms with Crippen molar-refractivity contribution in [3.63, 3.8) is 0 Å². The van der Waals surface area contributed by atoms with E-state index in [1.807, 2.05) is 0 Å². The van der Waals surface area contributed by atoms with Gasteiger partial charge in [-0.25, -0.2) is 0 Å². The molecule has 76 valence electrons. The van der Waals surface area contributed by atoms with Crippen LogP contribution in [0.15, 0.2) is 35.3 Å². The Labute approximate surface area is 85.3 Å². The predicted molar refractivity (Wildman–Crippen MR) is 55.4 cm³/mol. The maximum atomic E-state index is 11.8. The summed E-state index contributed by atoms with van der Waals surface area (Å²) < 4.78 is 0.799. The number of ketones is 1. The molecule has 0 fully saturated rings. The second-order valence-electron chi connectivity index (χ2n) is 3.29. The first-order valence-electron chi connectivity index (χ1n) is 4.46. The fourth-order valence-electron chi connectivity index (χ4n) is 1.51. The van der Waals surface area contributed by atoms with Crippen molar-refractivity contribution in [2.24, 2.45) is 0 Å². The Balaban J connectivity index is 2.97. The Morgan fingerprint density at radius 1 is 1.33 bits per heavy atom. The van der Waals surface area contributed by atoms with E-state index in [2.05, 4.69) is 0 Å². The average molecular weight is 203 g/mol. The van der Waals surface area contributed by atoms with Gasteiger partial charge in [0.2, 0.25) is 0 Å². The van der Waals surface area contributed by atoms with E-state index in [4.69, 9.17) is 0 Å². The minimum atomic E-state index is -0.353. The van der Waals surface area contributed by atoms with Gasteiger partial charge in [0.05, 0.1) is 17.3 Å². The summed E-state index contributed by atoms with van der Waals surface area (Å²) >= 11 is 0. The van der Waals surface area contributed by atoms with E-state index in [0.717, 1.165) is 10.9 Å². The van der Waals surface area contributed by atoms with Gasteiger partial charge in [-0.1, -0.05) is 12.1 Å². The van der Waals surface area contributed by atoms with Crippen LogP contribution in [0.1, 0.15) is 17.3 Å². The number of pyridine rings is 1. The zero-order chi connectivity index (χ0) is 11.0. The van der Waals surface area contributed by atoms with Crippen molar-refractivity contribution in [1.29, 1.82) is 0 Å². The van der Waals surface area contributed by atoms with Crippen molar-refractivity contribution >= 4 is 16.7 Å². The molecule has 2 rings (SSSR count). The van der Waals surface area contributed by atoms with Crippen LogP contribution in [0.25, 0.3) is 10.9 Å². The first-order valence-corrected chi connectivity index (χ1v) is 4.46. The zero-order valence-electron chi connectivity index (χ0n) is 8.10. The third-order valence-electron chi connectivity index (χ3n) is 2.27. The normalized spacial score (nSPS) is 10.5. The van der Waals surface area contributed by atoms with Gasteiger partial charge in [-0.3, -0.25) is 9.59 Å². The van der Waals surface area contributed by atoms with Gasteiger partial charge in [-0.15, -0.1) is 0 Å². The molecule has 0 amide bonds. The van der Waals surface area contributed by atoms with Gasteiger partial charge in [0.1, 0.15) is 0 Å². The topological polar surface area (TPSA) is 59.3 Å². The Morgan fingerprint density at radius 3 is 2.67 bits per heavy atom. The number of hydrogen-bond acceptors (Lipinski definition) is 3. The van der Waals surface area contributed by atoms with Crippen LogP contribution in [0.2, 0.25) is 0 Å². The first kappa shape index (κ1) is 9.45. The minimum Gasteiger partial charge on any atom is -0.428 e. The predicted octanol–water partition coefficient (Wildman–Crippen LogP) is 1.44. The van der Waals surface area contributed by atoms with Gasteiger partial charge in [0, 0.05) is 5.39 Å². The number of fused-ring (bicyclic) bond motifs is 1. The molecule has 4 heteroatoms. The molecule has 0 atom stereocenters. The van der Waals surface area contributed by atoms with Crippen LogP contribution in [0.4, 0.5) is 0 Å². The Morgan fingerprint density at radius 2 is 2.00 bits per heavy atom. The first-order chi connectivity index (χ1) is 7.11. The number of hydrogen-bond donors (Lipinski definition) is 1. The van der Waals surface area contributed by atoms with Crippen LogP contribution in [-0.4, -0.2) is 15.7 Å². The summed E-state index contributed by atoms with van der Waals surface area (Å²) in [5.74, 6) is -0.353. The summed E-state index contributed by atoms with van der Waals surface area (Å²) in [7, 11) is 0. The van der Waals surface area contributed by atoms with E-state index >= 15 is 0 Å². The maximum Gasteiger partial charge on any atom is 0.200 e. The highest BCUT2D eigenvalue weighted by Crippen LogP contribution is 2.09. The summed E-state index contributed by atoms with van der Waals surface area (Å²) in [4.78, 5) is 22.9. The van der Waals surface area contributed by atoms with Crippen molar-refractivity contribution in [2.75, 3.05) is 0 Å². The molecule has 2 aromatic rings. The maximum absolute atomic E-state index is 11.8. The van der Waals surface area contributed by atoms with Gasteiger partial charge in [-0.2, -0.15) is 4.73 Å². The lowest BCUT2D eigenvalue weighted by Crippen LogP contribution is -2.16. The largest absolute Gasteiger partial charge is 0.428 e. The van der Waals surface area contributed by atoms with Gasteiger partial charge in [0.25, 0.3) is 0 Å². The summed E-state index contributed by atoms with van der Waals surface area (Å²) in [5.41, 5.74) is 0.0482. The van der Waals surface area contributed by atoms with E-state index in [1.165, 1.54) is 6.92 Å². The highest BCUT2D eigenvalue weighted by molar-refractivity contribution is 5.97. The van der Waals surface area contributed by atoms with Crippen LogP contribution >= 0.6 is 0 Å². The van der Waals surface area contributed by atoms with E-state index in [1.54, 1.807) is 24.3 Å². The van der Waals surface area contributed by atoms with Gasteiger partial charge in [-0.05, 0) is 19.1 Å². The monoisotopic (exact) mass is 203 g/mol. The molecule has 0 saturated carbocycles. The molecule has 4 nitrogen and oxygen atoms in total. The highest BCUT2D eigenvalue weighted by atomic mass is 16.5. The fourth-order valence-corrected chi connectivity index (χ4v) is 1.51. The van der Waals surface area contributed by atoms with Gasteiger partial charge < -0.3 is 5.21 Å². The molecule has 1 heterocycles. The molecule has 0 bridgehead atoms. The van der Waals surface area contributed by atoms with Crippen molar-refractivity contribution < 1.29 is 10.0 Å². The van der Waals surface area contributed by atoms with Crippen LogP contribution in [0.5, 0.6) is 0 Å². The Hall–Kier alpha value is -2.10. The third-order valence-corrected chi connectivity index (χ3v) is 2.27. The third kappa shape index (κ3) is 1.40. The molecule has 15 heavy (non-hydrogen) atoms. The molecule has 1 N–H and O–H groups in total. The number of para-hydroxylation sites is 1. The highest BCUT2D eigenvalue weighted by Gasteiger charge is 2.10. The Kier molecular flexibility index (Phi) is 2.04. The molecule has 0 unspecified atom stereocenters. The number of carbonyl (C=O) groups excluding carboxylic acids is 1. The molecular weight excluding hydrogens is 194 g/mol. The van der Waals surface area contributed by atoms with Crippen LogP contribution in [0, 0.1) is 0 Å². The van der Waals surface area contributed by atoms with E-state index in [9.17, 15) is 14.8 Å². The second kappa shape index (κ2) is 3.24.